The van der Waals surface area contributed by atoms with E-state index in [9.17, 15) is 9.59 Å². The van der Waals surface area contributed by atoms with E-state index < -0.39 is 5.60 Å². The molecule has 26 heavy (non-hydrogen) atoms. The van der Waals surface area contributed by atoms with E-state index >= 15 is 0 Å². The van der Waals surface area contributed by atoms with Crippen LogP contribution in [0.15, 0.2) is 30.3 Å². The van der Waals surface area contributed by atoms with E-state index in [4.69, 9.17) is 9.47 Å². The van der Waals surface area contributed by atoms with E-state index in [0.717, 1.165) is 18.4 Å². The third kappa shape index (κ3) is 6.02. The van der Waals surface area contributed by atoms with Crippen LogP contribution in [0, 0.1) is 0 Å². The molecule has 0 saturated carbocycles. The second kappa shape index (κ2) is 9.03. The molecule has 1 heterocycles. The number of benzene rings is 1. The molecule has 1 fully saturated rings. The van der Waals surface area contributed by atoms with Gasteiger partial charge < -0.3 is 19.7 Å². The number of nitrogens with one attached hydrogen (secondary N) is 1. The predicted octanol–water partition coefficient (Wildman–Crippen LogP) is 3.11. The Balaban J connectivity index is 2.09. The Morgan fingerprint density at radius 2 is 1.96 bits per heavy atom. The van der Waals surface area contributed by atoms with Crippen molar-refractivity contribution in [2.24, 2.45) is 0 Å². The Kier molecular flexibility index (Phi) is 7.03. The van der Waals surface area contributed by atoms with Crippen LogP contribution in [0.1, 0.15) is 45.6 Å². The van der Waals surface area contributed by atoms with Gasteiger partial charge in [-0.05, 0) is 39.2 Å². The summed E-state index contributed by atoms with van der Waals surface area (Å²) in [6.45, 7) is 6.84. The average molecular weight is 362 g/mol. The van der Waals surface area contributed by atoms with E-state index in [1.54, 1.807) is 4.90 Å². The molecule has 6 nitrogen and oxygen atoms in total. The van der Waals surface area contributed by atoms with E-state index in [2.05, 4.69) is 5.32 Å². The van der Waals surface area contributed by atoms with Gasteiger partial charge in [0.2, 0.25) is 0 Å². The number of likely N-dealkylation sites (tertiary alicyclic amines) is 1. The number of carbonyl (C=O) groups excluding carboxylic acids is 2. The lowest BCUT2D eigenvalue weighted by atomic mass is 10.0. The lowest BCUT2D eigenvalue weighted by Gasteiger charge is -2.33. The first-order chi connectivity index (χ1) is 12.3. The van der Waals surface area contributed by atoms with Gasteiger partial charge in [0.05, 0.1) is 19.6 Å². The van der Waals surface area contributed by atoms with Crippen LogP contribution in [-0.4, -0.2) is 48.3 Å². The van der Waals surface area contributed by atoms with E-state index in [0.29, 0.717) is 13.1 Å². The van der Waals surface area contributed by atoms with Gasteiger partial charge in [0.25, 0.3) is 0 Å². The number of carbonyl (C=O) groups is 2. The van der Waals surface area contributed by atoms with Gasteiger partial charge in [0.15, 0.2) is 0 Å². The van der Waals surface area contributed by atoms with Crippen molar-refractivity contribution in [3.8, 4) is 0 Å². The van der Waals surface area contributed by atoms with Gasteiger partial charge in [-0.1, -0.05) is 30.3 Å². The molecule has 0 spiro atoms. The smallest absolute Gasteiger partial charge is 0.410 e. The summed E-state index contributed by atoms with van der Waals surface area (Å²) in [7, 11) is 1.39. The SMILES string of the molecule is COC(=O)C[C@H](NCc1ccccc1)[C@@H]1CCCN1C(=O)OC(C)(C)C. The topological polar surface area (TPSA) is 67.9 Å². The zero-order valence-corrected chi connectivity index (χ0v) is 16.2. The lowest BCUT2D eigenvalue weighted by Crippen LogP contribution is -2.51. The van der Waals surface area contributed by atoms with Crippen molar-refractivity contribution < 1.29 is 19.1 Å². The Hall–Kier alpha value is -2.08. The van der Waals surface area contributed by atoms with Gasteiger partial charge in [-0.3, -0.25) is 4.79 Å². The minimum Gasteiger partial charge on any atom is -0.469 e. The Labute approximate surface area is 155 Å². The van der Waals surface area contributed by atoms with Crippen molar-refractivity contribution in [1.82, 2.24) is 10.2 Å². The van der Waals surface area contributed by atoms with Gasteiger partial charge in [0.1, 0.15) is 5.60 Å². The number of rotatable bonds is 6. The zero-order chi connectivity index (χ0) is 19.2. The molecule has 1 aliphatic rings. The Bertz CT molecular complexity index is 598. The van der Waals surface area contributed by atoms with Crippen molar-refractivity contribution in [3.63, 3.8) is 0 Å². The maximum Gasteiger partial charge on any atom is 0.410 e. The van der Waals surface area contributed by atoms with E-state index in [-0.39, 0.29) is 30.6 Å². The first-order valence-electron chi connectivity index (χ1n) is 9.14. The minimum atomic E-state index is -0.542. The average Bonchev–Trinajstić information content (AvgIpc) is 3.07. The molecule has 0 bridgehead atoms. The number of nitrogens with zero attached hydrogens (tertiary/aromatic N) is 1. The highest BCUT2D eigenvalue weighted by Gasteiger charge is 2.37. The number of hydrogen-bond acceptors (Lipinski definition) is 5. The second-order valence-electron chi connectivity index (χ2n) is 7.64. The van der Waals surface area contributed by atoms with Crippen LogP contribution in [0.4, 0.5) is 4.79 Å². The molecule has 1 amide bonds. The summed E-state index contributed by atoms with van der Waals surface area (Å²) in [5.41, 5.74) is 0.587. The summed E-state index contributed by atoms with van der Waals surface area (Å²) < 4.78 is 10.4. The third-order valence-corrected chi connectivity index (χ3v) is 4.42. The van der Waals surface area contributed by atoms with Crippen LogP contribution in [0.5, 0.6) is 0 Å². The van der Waals surface area contributed by atoms with Gasteiger partial charge in [-0.2, -0.15) is 0 Å². The van der Waals surface area contributed by atoms with Crippen molar-refractivity contribution in [1.29, 1.82) is 0 Å². The molecule has 6 heteroatoms. The maximum absolute atomic E-state index is 12.6. The molecular formula is C20H30N2O4. The van der Waals surface area contributed by atoms with Crippen molar-refractivity contribution in [3.05, 3.63) is 35.9 Å². The van der Waals surface area contributed by atoms with Gasteiger partial charge in [-0.25, -0.2) is 4.79 Å². The summed E-state index contributed by atoms with van der Waals surface area (Å²) in [5.74, 6) is -0.286. The van der Waals surface area contributed by atoms with Crippen LogP contribution < -0.4 is 5.32 Å². The summed E-state index contributed by atoms with van der Waals surface area (Å²) in [6.07, 6.45) is 1.63. The monoisotopic (exact) mass is 362 g/mol. The minimum absolute atomic E-state index is 0.0901. The van der Waals surface area contributed by atoms with Crippen molar-refractivity contribution in [2.45, 2.75) is 64.3 Å². The first-order valence-corrected chi connectivity index (χ1v) is 9.14. The number of methoxy groups -OCH3 is 1. The zero-order valence-electron chi connectivity index (χ0n) is 16.2. The molecule has 1 aliphatic heterocycles. The van der Waals surface area contributed by atoms with Crippen LogP contribution >= 0.6 is 0 Å². The summed E-state index contributed by atoms with van der Waals surface area (Å²) in [6, 6.07) is 9.72. The molecule has 1 aromatic carbocycles. The molecule has 2 atom stereocenters. The fraction of sp³-hybridized carbons (Fsp3) is 0.600. The third-order valence-electron chi connectivity index (χ3n) is 4.42. The van der Waals surface area contributed by atoms with Crippen molar-refractivity contribution in [2.75, 3.05) is 13.7 Å². The summed E-state index contributed by atoms with van der Waals surface area (Å²) in [5, 5.41) is 3.44. The number of hydrogen-bond donors (Lipinski definition) is 1. The van der Waals surface area contributed by atoms with Crippen LogP contribution in [0.2, 0.25) is 0 Å². The van der Waals surface area contributed by atoms with Crippen LogP contribution in [0.3, 0.4) is 0 Å². The highest BCUT2D eigenvalue weighted by Crippen LogP contribution is 2.25. The molecule has 2 rings (SSSR count). The summed E-state index contributed by atoms with van der Waals surface area (Å²) in [4.78, 5) is 26.2. The van der Waals surface area contributed by atoms with Crippen LogP contribution in [0.25, 0.3) is 0 Å². The molecule has 0 aromatic heterocycles. The number of ether oxygens (including phenoxy) is 2. The fourth-order valence-corrected chi connectivity index (χ4v) is 3.21. The molecule has 0 aliphatic carbocycles. The van der Waals surface area contributed by atoms with Gasteiger partial charge >= 0.3 is 12.1 Å². The highest BCUT2D eigenvalue weighted by atomic mass is 16.6. The lowest BCUT2D eigenvalue weighted by molar-refractivity contribution is -0.141. The quantitative estimate of drug-likeness (QED) is 0.788. The van der Waals surface area contributed by atoms with Gasteiger partial charge in [-0.15, -0.1) is 0 Å². The Morgan fingerprint density at radius 3 is 2.58 bits per heavy atom. The second-order valence-corrected chi connectivity index (χ2v) is 7.64. The predicted molar refractivity (Wildman–Crippen MR) is 99.7 cm³/mol. The molecule has 144 valence electrons. The van der Waals surface area contributed by atoms with Gasteiger partial charge in [0, 0.05) is 19.1 Å². The highest BCUT2D eigenvalue weighted by molar-refractivity contribution is 5.71. The number of amides is 1. The molecule has 1 aromatic rings. The van der Waals surface area contributed by atoms with E-state index in [1.807, 2.05) is 51.1 Å². The number of esters is 1. The Morgan fingerprint density at radius 1 is 1.27 bits per heavy atom. The molecule has 1 N–H and O–H groups in total. The largest absolute Gasteiger partial charge is 0.469 e. The van der Waals surface area contributed by atoms with E-state index in [1.165, 1.54) is 7.11 Å². The molecular weight excluding hydrogens is 332 g/mol. The summed E-state index contributed by atoms with van der Waals surface area (Å²) >= 11 is 0. The normalized spacial score (nSPS) is 18.5. The van der Waals surface area contributed by atoms with Crippen LogP contribution in [-0.2, 0) is 20.8 Å². The fourth-order valence-electron chi connectivity index (χ4n) is 3.21. The molecule has 1 saturated heterocycles. The standard InChI is InChI=1S/C20H30N2O4/c1-20(2,3)26-19(24)22-12-8-11-17(22)16(13-18(23)25-4)21-14-15-9-6-5-7-10-15/h5-7,9-10,16-17,21H,8,11-14H2,1-4H3/t16-,17-/m0/s1. The molecule has 0 radical (unpaired) electrons. The maximum atomic E-state index is 12.6. The molecule has 0 unspecified atom stereocenters. The first kappa shape index (κ1) is 20.2. The van der Waals surface area contributed by atoms with Crippen molar-refractivity contribution >= 4 is 12.1 Å².